The van der Waals surface area contributed by atoms with Crippen LogP contribution in [0.3, 0.4) is 0 Å². The van der Waals surface area contributed by atoms with Gasteiger partial charge in [0.25, 0.3) is 0 Å². The third-order valence-electron chi connectivity index (χ3n) is 3.98. The van der Waals surface area contributed by atoms with Gasteiger partial charge in [0.1, 0.15) is 0 Å². The Morgan fingerprint density at radius 1 is 1.23 bits per heavy atom. The molecule has 5 nitrogen and oxygen atoms in total. The van der Waals surface area contributed by atoms with E-state index in [2.05, 4.69) is 22.9 Å². The Labute approximate surface area is 132 Å². The number of carbonyl (C=O) groups is 1. The summed E-state index contributed by atoms with van der Waals surface area (Å²) in [7, 11) is 0. The SMILES string of the molecule is CC(NCC(O)C(C)C)c1ccc(NC(=O)NC2CC2)cc1. The minimum atomic E-state index is -0.338. The van der Waals surface area contributed by atoms with Gasteiger partial charge in [-0.3, -0.25) is 0 Å². The van der Waals surface area contributed by atoms with E-state index in [4.69, 9.17) is 0 Å². The molecule has 0 aromatic heterocycles. The largest absolute Gasteiger partial charge is 0.392 e. The minimum Gasteiger partial charge on any atom is -0.392 e. The number of urea groups is 1. The van der Waals surface area contributed by atoms with Crippen molar-refractivity contribution in [2.45, 2.75) is 51.8 Å². The lowest BCUT2D eigenvalue weighted by Gasteiger charge is -2.20. The summed E-state index contributed by atoms with van der Waals surface area (Å²) in [5.41, 5.74) is 1.92. The Balaban J connectivity index is 1.80. The standard InChI is InChI=1S/C17H27N3O2/c1-11(2)16(21)10-18-12(3)13-4-6-14(7-5-13)19-17(22)20-15-8-9-15/h4-7,11-12,15-16,18,21H,8-10H2,1-3H3,(H2,19,20,22). The molecule has 0 saturated heterocycles. The summed E-state index contributed by atoms with van der Waals surface area (Å²) in [6, 6.07) is 8.16. The molecule has 22 heavy (non-hydrogen) atoms. The number of carbonyl (C=O) groups excluding carboxylic acids is 1. The minimum absolute atomic E-state index is 0.138. The molecule has 1 aliphatic carbocycles. The maximum absolute atomic E-state index is 11.7. The Bertz CT molecular complexity index is 483. The van der Waals surface area contributed by atoms with Crippen LogP contribution in [-0.2, 0) is 0 Å². The zero-order valence-corrected chi connectivity index (χ0v) is 13.6. The van der Waals surface area contributed by atoms with E-state index in [0.717, 1.165) is 24.1 Å². The maximum atomic E-state index is 11.7. The quantitative estimate of drug-likeness (QED) is 0.626. The third-order valence-corrected chi connectivity index (χ3v) is 3.98. The zero-order valence-electron chi connectivity index (χ0n) is 13.6. The number of benzene rings is 1. The van der Waals surface area contributed by atoms with Crippen molar-refractivity contribution in [3.8, 4) is 0 Å². The number of aliphatic hydroxyl groups is 1. The number of amides is 2. The van der Waals surface area contributed by atoms with E-state index in [9.17, 15) is 9.90 Å². The van der Waals surface area contributed by atoms with E-state index >= 15 is 0 Å². The van der Waals surface area contributed by atoms with Crippen molar-refractivity contribution in [1.82, 2.24) is 10.6 Å². The Hall–Kier alpha value is -1.59. The molecule has 2 unspecified atom stereocenters. The lowest BCUT2D eigenvalue weighted by Crippen LogP contribution is -2.32. The summed E-state index contributed by atoms with van der Waals surface area (Å²) in [5.74, 6) is 0.247. The smallest absolute Gasteiger partial charge is 0.319 e. The number of nitrogens with one attached hydrogen (secondary N) is 3. The van der Waals surface area contributed by atoms with Crippen LogP contribution in [-0.4, -0.2) is 29.8 Å². The van der Waals surface area contributed by atoms with Gasteiger partial charge in [-0.25, -0.2) is 4.79 Å². The Kier molecular flexibility index (Phi) is 5.80. The summed E-state index contributed by atoms with van der Waals surface area (Å²) in [4.78, 5) is 11.7. The molecule has 122 valence electrons. The zero-order chi connectivity index (χ0) is 16.1. The maximum Gasteiger partial charge on any atom is 0.319 e. The monoisotopic (exact) mass is 305 g/mol. The van der Waals surface area contributed by atoms with Crippen LogP contribution in [0.15, 0.2) is 24.3 Å². The van der Waals surface area contributed by atoms with Crippen LogP contribution in [0, 0.1) is 5.92 Å². The molecule has 1 aromatic rings. The lowest BCUT2D eigenvalue weighted by molar-refractivity contribution is 0.120. The third kappa shape index (κ3) is 5.31. The Morgan fingerprint density at radius 2 is 1.86 bits per heavy atom. The number of hydrogen-bond donors (Lipinski definition) is 4. The van der Waals surface area contributed by atoms with Crippen molar-refractivity contribution in [2.24, 2.45) is 5.92 Å². The van der Waals surface area contributed by atoms with E-state index in [1.54, 1.807) is 0 Å². The van der Waals surface area contributed by atoms with Crippen LogP contribution in [0.2, 0.25) is 0 Å². The second-order valence-electron chi connectivity index (χ2n) is 6.44. The highest BCUT2D eigenvalue weighted by molar-refractivity contribution is 5.89. The molecule has 1 aromatic carbocycles. The van der Waals surface area contributed by atoms with Gasteiger partial charge in [-0.05, 0) is 43.4 Å². The van der Waals surface area contributed by atoms with Gasteiger partial charge in [0.05, 0.1) is 6.10 Å². The number of anilines is 1. The summed E-state index contributed by atoms with van der Waals surface area (Å²) >= 11 is 0. The highest BCUT2D eigenvalue weighted by Crippen LogP contribution is 2.19. The average molecular weight is 305 g/mol. The van der Waals surface area contributed by atoms with Gasteiger partial charge in [-0.2, -0.15) is 0 Å². The predicted octanol–water partition coefficient (Wildman–Crippen LogP) is 2.64. The first-order chi connectivity index (χ1) is 10.5. The fourth-order valence-electron chi connectivity index (χ4n) is 2.09. The van der Waals surface area contributed by atoms with Crippen LogP contribution < -0.4 is 16.0 Å². The molecule has 1 fully saturated rings. The fraction of sp³-hybridized carbons (Fsp3) is 0.588. The predicted molar refractivity (Wildman–Crippen MR) is 88.9 cm³/mol. The van der Waals surface area contributed by atoms with Gasteiger partial charge < -0.3 is 21.1 Å². The summed E-state index contributed by atoms with van der Waals surface area (Å²) < 4.78 is 0. The van der Waals surface area contributed by atoms with Crippen molar-refractivity contribution in [3.63, 3.8) is 0 Å². The van der Waals surface area contributed by atoms with Crippen LogP contribution in [0.1, 0.15) is 45.2 Å². The van der Waals surface area contributed by atoms with Crippen molar-refractivity contribution in [2.75, 3.05) is 11.9 Å². The molecule has 0 heterocycles. The number of aliphatic hydroxyl groups excluding tert-OH is 1. The van der Waals surface area contributed by atoms with Crippen molar-refractivity contribution < 1.29 is 9.90 Å². The summed E-state index contributed by atoms with van der Waals surface area (Å²) in [6.07, 6.45) is 1.82. The second-order valence-corrected chi connectivity index (χ2v) is 6.44. The fourth-order valence-corrected chi connectivity index (χ4v) is 2.09. The molecule has 1 aliphatic rings. The topological polar surface area (TPSA) is 73.4 Å². The van der Waals surface area contributed by atoms with E-state index in [1.807, 2.05) is 38.1 Å². The summed E-state index contributed by atoms with van der Waals surface area (Å²) in [5, 5.41) is 18.9. The Morgan fingerprint density at radius 3 is 2.41 bits per heavy atom. The molecule has 1 saturated carbocycles. The first kappa shape index (κ1) is 16.8. The first-order valence-corrected chi connectivity index (χ1v) is 8.04. The van der Waals surface area contributed by atoms with Gasteiger partial charge in [-0.15, -0.1) is 0 Å². The molecule has 0 bridgehead atoms. The number of hydrogen-bond acceptors (Lipinski definition) is 3. The van der Waals surface area contributed by atoms with Gasteiger partial charge in [-0.1, -0.05) is 26.0 Å². The normalized spacial score (nSPS) is 17.1. The van der Waals surface area contributed by atoms with Crippen LogP contribution in [0.5, 0.6) is 0 Å². The van der Waals surface area contributed by atoms with Gasteiger partial charge in [0.2, 0.25) is 0 Å². The van der Waals surface area contributed by atoms with Crippen LogP contribution in [0.4, 0.5) is 10.5 Å². The first-order valence-electron chi connectivity index (χ1n) is 8.04. The molecule has 0 radical (unpaired) electrons. The second kappa shape index (κ2) is 7.61. The molecule has 2 amide bonds. The average Bonchev–Trinajstić information content (AvgIpc) is 3.28. The summed E-state index contributed by atoms with van der Waals surface area (Å²) in [6.45, 7) is 6.65. The van der Waals surface area contributed by atoms with E-state index in [-0.39, 0.29) is 24.1 Å². The molecular weight excluding hydrogens is 278 g/mol. The molecular formula is C17H27N3O2. The van der Waals surface area contributed by atoms with Gasteiger partial charge in [0, 0.05) is 24.3 Å². The van der Waals surface area contributed by atoms with Crippen molar-refractivity contribution in [1.29, 1.82) is 0 Å². The molecule has 0 spiro atoms. The van der Waals surface area contributed by atoms with Crippen LogP contribution >= 0.6 is 0 Å². The highest BCUT2D eigenvalue weighted by atomic mass is 16.3. The van der Waals surface area contributed by atoms with Gasteiger partial charge in [0.15, 0.2) is 0 Å². The van der Waals surface area contributed by atoms with Crippen molar-refractivity contribution in [3.05, 3.63) is 29.8 Å². The van der Waals surface area contributed by atoms with E-state index < -0.39 is 0 Å². The highest BCUT2D eigenvalue weighted by Gasteiger charge is 2.23. The molecule has 2 rings (SSSR count). The van der Waals surface area contributed by atoms with Gasteiger partial charge >= 0.3 is 6.03 Å². The molecule has 5 heteroatoms. The molecule has 0 aliphatic heterocycles. The van der Waals surface area contributed by atoms with Crippen molar-refractivity contribution >= 4 is 11.7 Å². The van der Waals surface area contributed by atoms with Crippen LogP contribution in [0.25, 0.3) is 0 Å². The lowest BCUT2D eigenvalue weighted by atomic mass is 10.1. The van der Waals surface area contributed by atoms with E-state index in [1.165, 1.54) is 0 Å². The molecule has 2 atom stereocenters. The van der Waals surface area contributed by atoms with E-state index in [0.29, 0.717) is 12.6 Å². The molecule has 4 N–H and O–H groups in total. The number of rotatable bonds is 7.